The van der Waals surface area contributed by atoms with Crippen LogP contribution in [0.25, 0.3) is 0 Å². The van der Waals surface area contributed by atoms with Crippen LogP contribution in [0.5, 0.6) is 0 Å². The second kappa shape index (κ2) is 8.01. The number of nitrogens with zero attached hydrogens (tertiary/aromatic N) is 2. The van der Waals surface area contributed by atoms with Crippen molar-refractivity contribution in [3.63, 3.8) is 0 Å². The number of benzene rings is 2. The van der Waals surface area contributed by atoms with Gasteiger partial charge in [0.1, 0.15) is 5.82 Å². The lowest BCUT2D eigenvalue weighted by Crippen LogP contribution is -2.23. The molecule has 1 N–H and O–H groups in total. The maximum Gasteiger partial charge on any atom is 0.261 e. The van der Waals surface area contributed by atoms with Crippen molar-refractivity contribution < 1.29 is 8.42 Å². The number of hydrogen-bond donors (Lipinski definition) is 1. The molecular weight excluding hydrogens is 346 g/mol. The molecule has 6 heteroatoms. The highest BCUT2D eigenvalue weighted by Gasteiger charge is 2.14. The standard InChI is InChI=1S/C20H21N3O2S/c1-2-23(16-17-9-5-3-6-10-17)20-14-13-18(15-21-20)22-26(24,25)19-11-7-4-8-12-19/h3-15,22H,2,16H2,1H3. The van der Waals surface area contributed by atoms with Crippen LogP contribution in [-0.4, -0.2) is 19.9 Å². The Hall–Kier alpha value is -2.86. The molecule has 0 saturated carbocycles. The van der Waals surface area contributed by atoms with Crippen molar-refractivity contribution in [1.82, 2.24) is 4.98 Å². The van der Waals surface area contributed by atoms with E-state index in [-0.39, 0.29) is 4.90 Å². The Morgan fingerprint density at radius 1 is 0.923 bits per heavy atom. The van der Waals surface area contributed by atoms with E-state index in [0.29, 0.717) is 5.69 Å². The van der Waals surface area contributed by atoms with Gasteiger partial charge in [-0.05, 0) is 36.8 Å². The molecule has 0 radical (unpaired) electrons. The van der Waals surface area contributed by atoms with Crippen LogP contribution in [0.3, 0.4) is 0 Å². The topological polar surface area (TPSA) is 62.3 Å². The van der Waals surface area contributed by atoms with Crippen LogP contribution >= 0.6 is 0 Å². The minimum absolute atomic E-state index is 0.225. The highest BCUT2D eigenvalue weighted by molar-refractivity contribution is 7.92. The zero-order valence-electron chi connectivity index (χ0n) is 14.5. The smallest absolute Gasteiger partial charge is 0.261 e. The molecule has 0 unspecified atom stereocenters. The first-order valence-electron chi connectivity index (χ1n) is 8.41. The summed E-state index contributed by atoms with van der Waals surface area (Å²) in [6, 6.07) is 22.0. The minimum Gasteiger partial charge on any atom is -0.353 e. The average molecular weight is 367 g/mol. The fourth-order valence-corrected chi connectivity index (χ4v) is 3.67. The number of aromatic nitrogens is 1. The van der Waals surface area contributed by atoms with E-state index in [2.05, 4.69) is 33.7 Å². The Balaban J connectivity index is 1.73. The molecule has 0 aliphatic heterocycles. The normalized spacial score (nSPS) is 11.1. The lowest BCUT2D eigenvalue weighted by Gasteiger charge is -2.22. The van der Waals surface area contributed by atoms with Crippen molar-refractivity contribution in [2.75, 3.05) is 16.2 Å². The van der Waals surface area contributed by atoms with E-state index < -0.39 is 10.0 Å². The number of rotatable bonds is 7. The first kappa shape index (κ1) is 17.9. The summed E-state index contributed by atoms with van der Waals surface area (Å²) in [5, 5.41) is 0. The van der Waals surface area contributed by atoms with Crippen molar-refractivity contribution in [3.05, 3.63) is 84.6 Å². The zero-order chi connectivity index (χ0) is 18.4. The molecule has 0 bridgehead atoms. The van der Waals surface area contributed by atoms with Gasteiger partial charge >= 0.3 is 0 Å². The summed E-state index contributed by atoms with van der Waals surface area (Å²) in [6.07, 6.45) is 1.55. The van der Waals surface area contributed by atoms with E-state index in [0.717, 1.165) is 18.9 Å². The van der Waals surface area contributed by atoms with Crippen molar-refractivity contribution in [3.8, 4) is 0 Å². The first-order chi connectivity index (χ1) is 12.6. The Bertz CT molecular complexity index is 928. The summed E-state index contributed by atoms with van der Waals surface area (Å²) in [5.74, 6) is 0.805. The van der Waals surface area contributed by atoms with E-state index in [1.165, 1.54) is 5.56 Å². The third-order valence-electron chi connectivity index (χ3n) is 3.98. The Morgan fingerprint density at radius 3 is 2.15 bits per heavy atom. The molecule has 0 fully saturated rings. The highest BCUT2D eigenvalue weighted by atomic mass is 32.2. The zero-order valence-corrected chi connectivity index (χ0v) is 15.4. The third-order valence-corrected chi connectivity index (χ3v) is 5.37. The Morgan fingerprint density at radius 2 is 1.58 bits per heavy atom. The van der Waals surface area contributed by atoms with E-state index in [1.807, 2.05) is 24.3 Å². The molecule has 1 heterocycles. The molecule has 0 saturated heterocycles. The molecule has 134 valence electrons. The van der Waals surface area contributed by atoms with Crippen LogP contribution in [-0.2, 0) is 16.6 Å². The van der Waals surface area contributed by atoms with Gasteiger partial charge in [-0.3, -0.25) is 4.72 Å². The number of sulfonamides is 1. The molecule has 26 heavy (non-hydrogen) atoms. The van der Waals surface area contributed by atoms with Crippen LogP contribution in [0.1, 0.15) is 12.5 Å². The average Bonchev–Trinajstić information content (AvgIpc) is 2.68. The van der Waals surface area contributed by atoms with Gasteiger partial charge in [-0.1, -0.05) is 48.5 Å². The van der Waals surface area contributed by atoms with Gasteiger partial charge in [0.05, 0.1) is 16.8 Å². The SMILES string of the molecule is CCN(Cc1ccccc1)c1ccc(NS(=O)(=O)c2ccccc2)cn1. The lowest BCUT2D eigenvalue weighted by atomic mass is 10.2. The largest absolute Gasteiger partial charge is 0.353 e. The van der Waals surface area contributed by atoms with Crippen molar-refractivity contribution in [2.24, 2.45) is 0 Å². The molecule has 0 aliphatic rings. The Kier molecular flexibility index (Phi) is 5.53. The molecule has 0 amide bonds. The van der Waals surface area contributed by atoms with Gasteiger partial charge < -0.3 is 4.90 Å². The summed E-state index contributed by atoms with van der Waals surface area (Å²) in [4.78, 5) is 6.78. The van der Waals surface area contributed by atoms with Gasteiger partial charge in [0, 0.05) is 13.1 Å². The summed E-state index contributed by atoms with van der Waals surface area (Å²) < 4.78 is 27.3. The fraction of sp³-hybridized carbons (Fsp3) is 0.150. The molecule has 2 aromatic carbocycles. The molecule has 3 aromatic rings. The summed E-state index contributed by atoms with van der Waals surface area (Å²) >= 11 is 0. The van der Waals surface area contributed by atoms with Gasteiger partial charge in [0.25, 0.3) is 10.0 Å². The molecule has 0 atom stereocenters. The van der Waals surface area contributed by atoms with Gasteiger partial charge in [0.2, 0.25) is 0 Å². The van der Waals surface area contributed by atoms with Crippen molar-refractivity contribution in [2.45, 2.75) is 18.4 Å². The van der Waals surface area contributed by atoms with Gasteiger partial charge in [-0.25, -0.2) is 13.4 Å². The van der Waals surface area contributed by atoms with Crippen LogP contribution in [0, 0.1) is 0 Å². The van der Waals surface area contributed by atoms with Crippen LogP contribution < -0.4 is 9.62 Å². The molecule has 1 aromatic heterocycles. The fourth-order valence-electron chi connectivity index (χ4n) is 2.61. The highest BCUT2D eigenvalue weighted by Crippen LogP contribution is 2.19. The maximum absolute atomic E-state index is 12.4. The van der Waals surface area contributed by atoms with Crippen LogP contribution in [0.15, 0.2) is 83.9 Å². The van der Waals surface area contributed by atoms with Crippen LogP contribution in [0.4, 0.5) is 11.5 Å². The van der Waals surface area contributed by atoms with Crippen LogP contribution in [0.2, 0.25) is 0 Å². The molecule has 0 aliphatic carbocycles. The summed E-state index contributed by atoms with van der Waals surface area (Å²) in [7, 11) is -3.60. The quantitative estimate of drug-likeness (QED) is 0.688. The van der Waals surface area contributed by atoms with E-state index in [1.54, 1.807) is 42.6 Å². The number of pyridine rings is 1. The molecule has 3 rings (SSSR count). The maximum atomic E-state index is 12.4. The number of anilines is 2. The first-order valence-corrected chi connectivity index (χ1v) is 9.89. The van der Waals surface area contributed by atoms with E-state index in [4.69, 9.17) is 0 Å². The van der Waals surface area contributed by atoms with Crippen molar-refractivity contribution in [1.29, 1.82) is 0 Å². The van der Waals surface area contributed by atoms with Gasteiger partial charge in [-0.15, -0.1) is 0 Å². The summed E-state index contributed by atoms with van der Waals surface area (Å²) in [6.45, 7) is 3.62. The second-order valence-corrected chi connectivity index (χ2v) is 7.51. The van der Waals surface area contributed by atoms with Gasteiger partial charge in [-0.2, -0.15) is 0 Å². The van der Waals surface area contributed by atoms with Gasteiger partial charge in [0.15, 0.2) is 0 Å². The van der Waals surface area contributed by atoms with E-state index >= 15 is 0 Å². The Labute approximate surface area is 154 Å². The molecular formula is C20H21N3O2S. The number of nitrogens with one attached hydrogen (secondary N) is 1. The number of hydrogen-bond acceptors (Lipinski definition) is 4. The molecule has 0 spiro atoms. The predicted octanol–water partition coefficient (Wildman–Crippen LogP) is 3.91. The van der Waals surface area contributed by atoms with Crippen molar-refractivity contribution >= 4 is 21.5 Å². The lowest BCUT2D eigenvalue weighted by molar-refractivity contribution is 0.601. The predicted molar refractivity (Wildman–Crippen MR) is 105 cm³/mol. The van der Waals surface area contributed by atoms with E-state index in [9.17, 15) is 8.42 Å². The second-order valence-electron chi connectivity index (χ2n) is 5.82. The minimum atomic E-state index is -3.60. The molecule has 5 nitrogen and oxygen atoms in total. The third kappa shape index (κ3) is 4.40. The summed E-state index contributed by atoms with van der Waals surface area (Å²) in [5.41, 5.74) is 1.64. The monoisotopic (exact) mass is 367 g/mol.